The zero-order valence-electron chi connectivity index (χ0n) is 14.0. The van der Waals surface area contributed by atoms with E-state index in [4.69, 9.17) is 10.5 Å². The van der Waals surface area contributed by atoms with E-state index < -0.39 is 0 Å². The maximum atomic E-state index is 12.1. The first kappa shape index (κ1) is 16.5. The van der Waals surface area contributed by atoms with Crippen molar-refractivity contribution < 1.29 is 9.53 Å². The summed E-state index contributed by atoms with van der Waals surface area (Å²) in [4.78, 5) is 13.9. The fourth-order valence-corrected chi connectivity index (χ4v) is 3.32. The van der Waals surface area contributed by atoms with Crippen LogP contribution in [0.15, 0.2) is 54.6 Å². The summed E-state index contributed by atoms with van der Waals surface area (Å²) in [5.74, 6) is 0. The van der Waals surface area contributed by atoms with Gasteiger partial charge in [-0.1, -0.05) is 54.6 Å². The molecule has 1 fully saturated rings. The number of amides is 1. The van der Waals surface area contributed by atoms with Crippen LogP contribution in [-0.2, 0) is 11.2 Å². The van der Waals surface area contributed by atoms with E-state index >= 15 is 0 Å². The predicted molar refractivity (Wildman–Crippen MR) is 95.7 cm³/mol. The van der Waals surface area contributed by atoms with E-state index in [0.717, 1.165) is 12.8 Å². The smallest absolute Gasteiger partial charge is 0.410 e. The monoisotopic (exact) mass is 324 g/mol. The Morgan fingerprint density at radius 3 is 2.67 bits per heavy atom. The highest BCUT2D eigenvalue weighted by Gasteiger charge is 2.35. The molecule has 4 nitrogen and oxygen atoms in total. The third-order valence-electron chi connectivity index (χ3n) is 4.58. The maximum absolute atomic E-state index is 12.1. The van der Waals surface area contributed by atoms with Crippen LogP contribution in [0, 0.1) is 0 Å². The van der Waals surface area contributed by atoms with Gasteiger partial charge in [-0.2, -0.15) is 0 Å². The van der Waals surface area contributed by atoms with Crippen LogP contribution in [0.4, 0.5) is 4.79 Å². The molecule has 0 saturated carbocycles. The predicted octanol–water partition coefficient (Wildman–Crippen LogP) is 3.45. The van der Waals surface area contributed by atoms with E-state index in [0.29, 0.717) is 13.2 Å². The number of carbonyl (C=O) groups excluding carboxylic acids is 1. The fourth-order valence-electron chi connectivity index (χ4n) is 3.32. The minimum Gasteiger partial charge on any atom is -0.450 e. The van der Waals surface area contributed by atoms with Crippen molar-refractivity contribution in [1.82, 2.24) is 4.90 Å². The number of nitrogens with two attached hydrogens (primary N) is 1. The van der Waals surface area contributed by atoms with Crippen LogP contribution in [0.5, 0.6) is 0 Å². The second kappa shape index (κ2) is 7.49. The Kier molecular flexibility index (Phi) is 5.16. The minimum atomic E-state index is -0.255. The number of hydrogen-bond acceptors (Lipinski definition) is 3. The summed E-state index contributed by atoms with van der Waals surface area (Å²) in [6.45, 7) is 2.88. The Hall–Kier alpha value is -2.33. The Bertz CT molecular complexity index is 687. The van der Waals surface area contributed by atoms with Crippen LogP contribution in [0.2, 0.25) is 0 Å². The van der Waals surface area contributed by atoms with Gasteiger partial charge in [-0.25, -0.2) is 4.79 Å². The second-order valence-corrected chi connectivity index (χ2v) is 6.18. The van der Waals surface area contributed by atoms with E-state index in [1.165, 1.54) is 16.7 Å². The molecule has 1 saturated heterocycles. The van der Waals surface area contributed by atoms with Gasteiger partial charge in [-0.3, -0.25) is 0 Å². The van der Waals surface area contributed by atoms with Gasteiger partial charge in [-0.05, 0) is 36.5 Å². The normalized spacial score (nSPS) is 20.2. The van der Waals surface area contributed by atoms with Crippen LogP contribution in [0.1, 0.15) is 18.9 Å². The first-order valence-corrected chi connectivity index (χ1v) is 8.52. The van der Waals surface area contributed by atoms with Crippen molar-refractivity contribution in [3.63, 3.8) is 0 Å². The standard InChI is InChI=1S/C20H24N2O2/c1-2-24-20(23)22-12-11-18(21)19(22)14-15-7-6-10-17(13-15)16-8-4-3-5-9-16/h3-10,13,18-19H,2,11-12,14,21H2,1H3. The van der Waals surface area contributed by atoms with E-state index in [1.807, 2.05) is 25.1 Å². The van der Waals surface area contributed by atoms with E-state index in [1.54, 1.807) is 4.90 Å². The number of hydrogen-bond donors (Lipinski definition) is 1. The molecular formula is C20H24N2O2. The van der Waals surface area contributed by atoms with Crippen molar-refractivity contribution in [2.75, 3.05) is 13.2 Å². The van der Waals surface area contributed by atoms with Crippen molar-refractivity contribution in [3.05, 3.63) is 60.2 Å². The van der Waals surface area contributed by atoms with Gasteiger partial charge in [0.2, 0.25) is 0 Å². The van der Waals surface area contributed by atoms with Crippen molar-refractivity contribution in [2.24, 2.45) is 5.73 Å². The average molecular weight is 324 g/mol. The summed E-state index contributed by atoms with van der Waals surface area (Å²) in [6.07, 6.45) is 1.32. The molecule has 0 spiro atoms. The number of likely N-dealkylation sites (tertiary alicyclic amines) is 1. The molecule has 0 aromatic heterocycles. The van der Waals surface area contributed by atoms with Gasteiger partial charge in [0.15, 0.2) is 0 Å². The average Bonchev–Trinajstić information content (AvgIpc) is 2.97. The van der Waals surface area contributed by atoms with Gasteiger partial charge in [0.25, 0.3) is 0 Å². The van der Waals surface area contributed by atoms with Gasteiger partial charge in [0.1, 0.15) is 0 Å². The molecule has 3 rings (SSSR count). The first-order valence-electron chi connectivity index (χ1n) is 8.52. The topological polar surface area (TPSA) is 55.6 Å². The Morgan fingerprint density at radius 2 is 1.92 bits per heavy atom. The zero-order chi connectivity index (χ0) is 16.9. The lowest BCUT2D eigenvalue weighted by molar-refractivity contribution is 0.101. The molecule has 0 radical (unpaired) electrons. The third kappa shape index (κ3) is 3.60. The van der Waals surface area contributed by atoms with Crippen LogP contribution in [0.25, 0.3) is 11.1 Å². The molecule has 24 heavy (non-hydrogen) atoms. The van der Waals surface area contributed by atoms with Crippen molar-refractivity contribution in [3.8, 4) is 11.1 Å². The lowest BCUT2D eigenvalue weighted by Crippen LogP contribution is -2.44. The number of benzene rings is 2. The largest absolute Gasteiger partial charge is 0.450 e. The molecular weight excluding hydrogens is 300 g/mol. The molecule has 0 aliphatic carbocycles. The van der Waals surface area contributed by atoms with E-state index in [9.17, 15) is 4.79 Å². The summed E-state index contributed by atoms with van der Waals surface area (Å²) in [5.41, 5.74) is 9.81. The molecule has 2 unspecified atom stereocenters. The van der Waals surface area contributed by atoms with Gasteiger partial charge in [-0.15, -0.1) is 0 Å². The SMILES string of the molecule is CCOC(=O)N1CCC(N)C1Cc1cccc(-c2ccccc2)c1. The number of carbonyl (C=O) groups is 1. The van der Waals surface area contributed by atoms with Crippen LogP contribution < -0.4 is 5.73 Å². The van der Waals surface area contributed by atoms with Crippen LogP contribution >= 0.6 is 0 Å². The van der Waals surface area contributed by atoms with Gasteiger partial charge >= 0.3 is 6.09 Å². The van der Waals surface area contributed by atoms with Crippen molar-refractivity contribution >= 4 is 6.09 Å². The van der Waals surface area contributed by atoms with Gasteiger partial charge < -0.3 is 15.4 Å². The first-order chi connectivity index (χ1) is 11.7. The summed E-state index contributed by atoms with van der Waals surface area (Å²) in [7, 11) is 0. The number of ether oxygens (including phenoxy) is 1. The summed E-state index contributed by atoms with van der Waals surface area (Å²) < 4.78 is 5.17. The summed E-state index contributed by atoms with van der Waals surface area (Å²) >= 11 is 0. The van der Waals surface area contributed by atoms with E-state index in [2.05, 4.69) is 36.4 Å². The highest BCUT2D eigenvalue weighted by Crippen LogP contribution is 2.25. The minimum absolute atomic E-state index is 0.00456. The zero-order valence-corrected chi connectivity index (χ0v) is 14.0. The van der Waals surface area contributed by atoms with Crippen LogP contribution in [0.3, 0.4) is 0 Å². The molecule has 2 atom stereocenters. The molecule has 1 heterocycles. The van der Waals surface area contributed by atoms with Crippen molar-refractivity contribution in [2.45, 2.75) is 31.8 Å². The Balaban J connectivity index is 1.78. The van der Waals surface area contributed by atoms with Crippen molar-refractivity contribution in [1.29, 1.82) is 0 Å². The molecule has 1 amide bonds. The van der Waals surface area contributed by atoms with Crippen LogP contribution in [-0.4, -0.2) is 36.2 Å². The summed E-state index contributed by atoms with van der Waals surface area (Å²) in [6, 6.07) is 18.7. The van der Waals surface area contributed by atoms with E-state index in [-0.39, 0.29) is 18.2 Å². The molecule has 4 heteroatoms. The molecule has 1 aliphatic heterocycles. The third-order valence-corrected chi connectivity index (χ3v) is 4.58. The lowest BCUT2D eigenvalue weighted by Gasteiger charge is -2.26. The molecule has 2 aromatic carbocycles. The van der Waals surface area contributed by atoms with Gasteiger partial charge in [0.05, 0.1) is 12.6 Å². The highest BCUT2D eigenvalue weighted by atomic mass is 16.6. The highest BCUT2D eigenvalue weighted by molar-refractivity contribution is 5.69. The second-order valence-electron chi connectivity index (χ2n) is 6.18. The molecule has 0 bridgehead atoms. The maximum Gasteiger partial charge on any atom is 0.410 e. The lowest BCUT2D eigenvalue weighted by atomic mass is 9.97. The fraction of sp³-hybridized carbons (Fsp3) is 0.350. The Labute approximate surface area is 143 Å². The summed E-state index contributed by atoms with van der Waals surface area (Å²) in [5, 5.41) is 0. The quantitative estimate of drug-likeness (QED) is 0.937. The Morgan fingerprint density at radius 1 is 1.17 bits per heavy atom. The molecule has 1 aliphatic rings. The van der Waals surface area contributed by atoms with Gasteiger partial charge in [0, 0.05) is 12.6 Å². The number of nitrogens with zero attached hydrogens (tertiary/aromatic N) is 1. The molecule has 2 N–H and O–H groups in total. The number of rotatable bonds is 4. The molecule has 126 valence electrons. The molecule has 2 aromatic rings.